The Bertz CT molecular complexity index is 923. The summed E-state index contributed by atoms with van der Waals surface area (Å²) >= 11 is 0. The summed E-state index contributed by atoms with van der Waals surface area (Å²) in [5.74, 6) is -1.67. The third kappa shape index (κ3) is 5.30. The Morgan fingerprint density at radius 3 is 2.30 bits per heavy atom. The Balaban J connectivity index is 2.35. The fourth-order valence-corrected chi connectivity index (χ4v) is 3.62. The van der Waals surface area contributed by atoms with Crippen molar-refractivity contribution in [3.05, 3.63) is 59.7 Å². The molecule has 0 heterocycles. The van der Waals surface area contributed by atoms with Crippen LogP contribution in [-0.4, -0.2) is 43.4 Å². The van der Waals surface area contributed by atoms with E-state index in [0.717, 1.165) is 5.56 Å². The lowest BCUT2D eigenvalue weighted by Crippen LogP contribution is -2.36. The molecule has 2 rings (SSSR count). The minimum absolute atomic E-state index is 0.0753. The van der Waals surface area contributed by atoms with E-state index < -0.39 is 28.4 Å². The second-order valence-electron chi connectivity index (χ2n) is 6.08. The molecule has 0 saturated carbocycles. The fourth-order valence-electron chi connectivity index (χ4n) is 2.54. The molecular weight excluding hydrogens is 368 g/mol. The molecule has 0 fully saturated rings. The number of nitrogens with one attached hydrogen (secondary N) is 1. The Morgan fingerprint density at radius 1 is 1.07 bits per heavy atom. The number of hydrogen-bond acceptors (Lipinski definition) is 4. The van der Waals surface area contributed by atoms with E-state index in [1.54, 1.807) is 24.3 Å². The van der Waals surface area contributed by atoms with Gasteiger partial charge in [0.15, 0.2) is 0 Å². The Morgan fingerprint density at radius 2 is 1.70 bits per heavy atom. The molecule has 2 aromatic carbocycles. The predicted molar refractivity (Wildman–Crippen MR) is 102 cm³/mol. The van der Waals surface area contributed by atoms with Gasteiger partial charge in [0.1, 0.15) is 6.54 Å². The van der Waals surface area contributed by atoms with Crippen LogP contribution in [0.25, 0.3) is 0 Å². The first-order chi connectivity index (χ1) is 12.7. The minimum Gasteiger partial charge on any atom is -0.480 e. The fraction of sp³-hybridized carbons (Fsp3) is 0.263. The summed E-state index contributed by atoms with van der Waals surface area (Å²) in [7, 11) is -3.88. The summed E-state index contributed by atoms with van der Waals surface area (Å²) in [4.78, 5) is 25.1. The van der Waals surface area contributed by atoms with Gasteiger partial charge in [-0.1, -0.05) is 36.8 Å². The zero-order valence-electron chi connectivity index (χ0n) is 15.2. The van der Waals surface area contributed by atoms with E-state index in [2.05, 4.69) is 4.72 Å². The van der Waals surface area contributed by atoms with Crippen LogP contribution in [0.5, 0.6) is 0 Å². The second-order valence-corrected chi connectivity index (χ2v) is 7.77. The van der Waals surface area contributed by atoms with E-state index in [9.17, 15) is 18.0 Å². The zero-order valence-corrected chi connectivity index (χ0v) is 16.0. The minimum atomic E-state index is -3.88. The SMILES string of the molecule is CCCN(CC(=O)O)C(=O)c1ccccc1NS(=O)(=O)c1ccc(C)cc1. The summed E-state index contributed by atoms with van der Waals surface area (Å²) in [5.41, 5.74) is 1.13. The van der Waals surface area contributed by atoms with Crippen LogP contribution >= 0.6 is 0 Å². The lowest BCUT2D eigenvalue weighted by Gasteiger charge is -2.21. The molecule has 2 N–H and O–H groups in total. The van der Waals surface area contributed by atoms with Crippen LogP contribution < -0.4 is 4.72 Å². The van der Waals surface area contributed by atoms with E-state index in [1.807, 2.05) is 13.8 Å². The van der Waals surface area contributed by atoms with Gasteiger partial charge in [-0.3, -0.25) is 14.3 Å². The quantitative estimate of drug-likeness (QED) is 0.721. The van der Waals surface area contributed by atoms with Gasteiger partial charge in [0.25, 0.3) is 15.9 Å². The van der Waals surface area contributed by atoms with Crippen LogP contribution in [0.15, 0.2) is 53.4 Å². The van der Waals surface area contributed by atoms with Crippen molar-refractivity contribution in [2.45, 2.75) is 25.2 Å². The number of para-hydroxylation sites is 1. The highest BCUT2D eigenvalue weighted by molar-refractivity contribution is 7.92. The summed E-state index contributed by atoms with van der Waals surface area (Å²) in [6.45, 7) is 3.48. The molecule has 0 bridgehead atoms. The standard InChI is InChI=1S/C19H22N2O5S/c1-3-12-21(13-18(22)23)19(24)16-6-4-5-7-17(16)20-27(25,26)15-10-8-14(2)9-11-15/h4-11,20H,3,12-13H2,1-2H3,(H,22,23). The predicted octanol–water partition coefficient (Wildman–Crippen LogP) is 2.73. The molecule has 0 radical (unpaired) electrons. The number of anilines is 1. The van der Waals surface area contributed by atoms with Gasteiger partial charge in [0.2, 0.25) is 0 Å². The first kappa shape index (κ1) is 20.4. The van der Waals surface area contributed by atoms with Crippen LogP contribution in [0.1, 0.15) is 29.3 Å². The highest BCUT2D eigenvalue weighted by Crippen LogP contribution is 2.22. The van der Waals surface area contributed by atoms with E-state index >= 15 is 0 Å². The van der Waals surface area contributed by atoms with Crippen molar-refractivity contribution < 1.29 is 23.1 Å². The number of benzene rings is 2. The number of carbonyl (C=O) groups is 2. The van der Waals surface area contributed by atoms with Gasteiger partial charge < -0.3 is 10.0 Å². The molecule has 0 aliphatic carbocycles. The summed E-state index contributed by atoms with van der Waals surface area (Å²) in [6, 6.07) is 12.5. The first-order valence-electron chi connectivity index (χ1n) is 8.44. The van der Waals surface area contributed by atoms with Crippen LogP contribution in [0.2, 0.25) is 0 Å². The number of carbonyl (C=O) groups excluding carboxylic acids is 1. The first-order valence-corrected chi connectivity index (χ1v) is 9.92. The zero-order chi connectivity index (χ0) is 20.0. The van der Waals surface area contributed by atoms with Crippen LogP contribution in [0.4, 0.5) is 5.69 Å². The number of carboxylic acids is 1. The number of sulfonamides is 1. The summed E-state index contributed by atoms with van der Waals surface area (Å²) in [5, 5.41) is 9.03. The normalized spacial score (nSPS) is 11.0. The molecule has 7 nitrogen and oxygen atoms in total. The van der Waals surface area contributed by atoms with Crippen molar-refractivity contribution in [1.29, 1.82) is 0 Å². The van der Waals surface area contributed by atoms with Gasteiger partial charge in [0, 0.05) is 6.54 Å². The summed E-state index contributed by atoms with van der Waals surface area (Å²) < 4.78 is 27.7. The van der Waals surface area contributed by atoms with Gasteiger partial charge in [-0.2, -0.15) is 0 Å². The largest absolute Gasteiger partial charge is 0.480 e. The Labute approximate surface area is 158 Å². The van der Waals surface area contributed by atoms with Gasteiger partial charge in [-0.25, -0.2) is 8.42 Å². The van der Waals surface area contributed by atoms with Crippen molar-refractivity contribution in [3.8, 4) is 0 Å². The maximum atomic E-state index is 12.8. The maximum absolute atomic E-state index is 12.8. The number of rotatable bonds is 8. The van der Waals surface area contributed by atoms with E-state index in [1.165, 1.54) is 29.2 Å². The lowest BCUT2D eigenvalue weighted by molar-refractivity contribution is -0.137. The molecule has 8 heteroatoms. The van der Waals surface area contributed by atoms with Crippen molar-refractivity contribution in [2.24, 2.45) is 0 Å². The topological polar surface area (TPSA) is 104 Å². The molecule has 0 saturated heterocycles. The van der Waals surface area contributed by atoms with Gasteiger partial charge >= 0.3 is 5.97 Å². The van der Waals surface area contributed by atoms with Gasteiger partial charge in [-0.05, 0) is 37.6 Å². The molecule has 144 valence electrons. The third-order valence-corrected chi connectivity index (χ3v) is 5.22. The number of aryl methyl sites for hydroxylation is 1. The number of nitrogens with zero attached hydrogens (tertiary/aromatic N) is 1. The molecule has 27 heavy (non-hydrogen) atoms. The average molecular weight is 390 g/mol. The molecular formula is C19H22N2O5S. The maximum Gasteiger partial charge on any atom is 0.323 e. The van der Waals surface area contributed by atoms with Crippen molar-refractivity contribution in [2.75, 3.05) is 17.8 Å². The van der Waals surface area contributed by atoms with E-state index in [4.69, 9.17) is 5.11 Å². The van der Waals surface area contributed by atoms with Crippen LogP contribution in [0, 0.1) is 6.92 Å². The van der Waals surface area contributed by atoms with E-state index in [-0.39, 0.29) is 22.7 Å². The smallest absolute Gasteiger partial charge is 0.323 e. The molecule has 0 aliphatic rings. The van der Waals surface area contributed by atoms with E-state index in [0.29, 0.717) is 6.42 Å². The molecule has 0 atom stereocenters. The van der Waals surface area contributed by atoms with Crippen LogP contribution in [0.3, 0.4) is 0 Å². The van der Waals surface area contributed by atoms with Gasteiger partial charge in [-0.15, -0.1) is 0 Å². The highest BCUT2D eigenvalue weighted by Gasteiger charge is 2.23. The molecule has 0 unspecified atom stereocenters. The number of amides is 1. The molecule has 2 aromatic rings. The number of carboxylic acid groups (broad SMARTS) is 1. The lowest BCUT2D eigenvalue weighted by atomic mass is 10.1. The Kier molecular flexibility index (Phi) is 6.57. The monoisotopic (exact) mass is 390 g/mol. The highest BCUT2D eigenvalue weighted by atomic mass is 32.2. The molecule has 0 aliphatic heterocycles. The van der Waals surface area contributed by atoms with Crippen molar-refractivity contribution in [1.82, 2.24) is 4.90 Å². The summed E-state index contributed by atoms with van der Waals surface area (Å²) in [6.07, 6.45) is 0.580. The van der Waals surface area contributed by atoms with Gasteiger partial charge in [0.05, 0.1) is 16.1 Å². The van der Waals surface area contributed by atoms with Crippen molar-refractivity contribution >= 4 is 27.6 Å². The van der Waals surface area contributed by atoms with Crippen molar-refractivity contribution in [3.63, 3.8) is 0 Å². The number of aliphatic carboxylic acids is 1. The Hall–Kier alpha value is -2.87. The molecule has 1 amide bonds. The van der Waals surface area contributed by atoms with Crippen LogP contribution in [-0.2, 0) is 14.8 Å². The second kappa shape index (κ2) is 8.68. The third-order valence-electron chi connectivity index (χ3n) is 3.84. The molecule has 0 spiro atoms. The number of hydrogen-bond donors (Lipinski definition) is 2. The average Bonchev–Trinajstić information content (AvgIpc) is 2.61. The molecule has 0 aromatic heterocycles.